The highest BCUT2D eigenvalue weighted by Gasteiger charge is 2.18. The van der Waals surface area contributed by atoms with E-state index in [-0.39, 0.29) is 17.3 Å². The van der Waals surface area contributed by atoms with E-state index in [1.54, 1.807) is 12.1 Å². The molecule has 0 aliphatic carbocycles. The number of anilines is 1. The summed E-state index contributed by atoms with van der Waals surface area (Å²) in [5.74, 6) is 0. The molecule has 0 radical (unpaired) electrons. The summed E-state index contributed by atoms with van der Waals surface area (Å²) in [7, 11) is 0. The normalized spacial score (nSPS) is 11.4. The van der Waals surface area contributed by atoms with Crippen LogP contribution in [0.15, 0.2) is 48.5 Å². The van der Waals surface area contributed by atoms with E-state index in [0.29, 0.717) is 5.69 Å². The molecular weight excluding hydrogens is 266 g/mol. The third-order valence-electron chi connectivity index (χ3n) is 3.26. The summed E-state index contributed by atoms with van der Waals surface area (Å²) in [5.41, 5.74) is 1.69. The van der Waals surface area contributed by atoms with E-state index in [0.717, 1.165) is 12.0 Å². The maximum Gasteiger partial charge on any atom is 0.293 e. The molecule has 0 amide bonds. The van der Waals surface area contributed by atoms with Crippen LogP contribution in [-0.2, 0) is 0 Å². The van der Waals surface area contributed by atoms with Crippen molar-refractivity contribution in [2.24, 2.45) is 0 Å². The molecule has 106 valence electrons. The molecule has 1 N–H and O–H groups in total. The summed E-state index contributed by atoms with van der Waals surface area (Å²) in [4.78, 5) is 10.7. The first kappa shape index (κ1) is 14.5. The highest BCUT2D eigenvalue weighted by Crippen LogP contribution is 2.30. The van der Waals surface area contributed by atoms with E-state index in [2.05, 4.69) is 5.32 Å². The van der Waals surface area contributed by atoms with Crippen molar-refractivity contribution in [3.63, 3.8) is 0 Å². The lowest BCUT2D eigenvalue weighted by molar-refractivity contribution is -0.384. The van der Waals surface area contributed by atoms with E-state index in [1.165, 1.54) is 6.07 Å². The Morgan fingerprint density at radius 3 is 2.57 bits per heavy atom. The number of nitriles is 1. The molecule has 0 aromatic heterocycles. The molecular formula is C16H15N3O2. The van der Waals surface area contributed by atoms with Gasteiger partial charge in [-0.15, -0.1) is 0 Å². The minimum absolute atomic E-state index is 0.0159. The van der Waals surface area contributed by atoms with Gasteiger partial charge in [0.25, 0.3) is 5.69 Å². The van der Waals surface area contributed by atoms with Crippen LogP contribution in [0.1, 0.15) is 30.5 Å². The second-order valence-corrected chi connectivity index (χ2v) is 4.62. The third kappa shape index (κ3) is 3.37. The number of rotatable bonds is 5. The summed E-state index contributed by atoms with van der Waals surface area (Å²) >= 11 is 0. The van der Waals surface area contributed by atoms with Crippen LogP contribution in [0.4, 0.5) is 11.4 Å². The third-order valence-corrected chi connectivity index (χ3v) is 3.26. The van der Waals surface area contributed by atoms with Gasteiger partial charge in [0.1, 0.15) is 5.69 Å². The van der Waals surface area contributed by atoms with Crippen molar-refractivity contribution >= 4 is 11.4 Å². The highest BCUT2D eigenvalue weighted by molar-refractivity contribution is 5.64. The number of benzene rings is 2. The molecule has 2 rings (SSSR count). The maximum absolute atomic E-state index is 11.2. The van der Waals surface area contributed by atoms with Gasteiger partial charge < -0.3 is 5.32 Å². The maximum atomic E-state index is 11.2. The number of nitro groups is 1. The molecule has 0 saturated carbocycles. The zero-order valence-electron chi connectivity index (χ0n) is 11.6. The summed E-state index contributed by atoms with van der Waals surface area (Å²) in [6.45, 7) is 2.01. The van der Waals surface area contributed by atoms with Crippen LogP contribution in [0.3, 0.4) is 0 Å². The molecule has 5 heteroatoms. The van der Waals surface area contributed by atoms with Crippen LogP contribution in [-0.4, -0.2) is 4.92 Å². The lowest BCUT2D eigenvalue weighted by Gasteiger charge is -2.18. The fourth-order valence-corrected chi connectivity index (χ4v) is 2.17. The molecule has 0 saturated heterocycles. The first-order chi connectivity index (χ1) is 10.2. The molecule has 1 atom stereocenters. The fraction of sp³-hybridized carbons (Fsp3) is 0.188. The summed E-state index contributed by atoms with van der Waals surface area (Å²) in [6.07, 6.45) is 0.793. The van der Waals surface area contributed by atoms with E-state index >= 15 is 0 Å². The van der Waals surface area contributed by atoms with Gasteiger partial charge in [0.05, 0.1) is 22.6 Å². The number of hydrogen-bond donors (Lipinski definition) is 1. The fourth-order valence-electron chi connectivity index (χ4n) is 2.17. The van der Waals surface area contributed by atoms with Gasteiger partial charge in [-0.3, -0.25) is 10.1 Å². The first-order valence-corrected chi connectivity index (χ1v) is 6.65. The Morgan fingerprint density at radius 1 is 1.29 bits per heavy atom. The molecule has 1 unspecified atom stereocenters. The molecule has 0 heterocycles. The minimum atomic E-state index is -0.471. The van der Waals surface area contributed by atoms with Gasteiger partial charge in [-0.1, -0.05) is 37.3 Å². The summed E-state index contributed by atoms with van der Waals surface area (Å²) in [5, 5.41) is 23.2. The zero-order chi connectivity index (χ0) is 15.2. The average Bonchev–Trinajstić information content (AvgIpc) is 2.53. The molecule has 5 nitrogen and oxygen atoms in total. The van der Waals surface area contributed by atoms with Crippen molar-refractivity contribution in [3.8, 4) is 6.07 Å². The van der Waals surface area contributed by atoms with Gasteiger partial charge in [0.2, 0.25) is 0 Å². The summed E-state index contributed by atoms with van der Waals surface area (Å²) < 4.78 is 0. The molecule has 0 aliphatic heterocycles. The van der Waals surface area contributed by atoms with E-state index in [4.69, 9.17) is 5.26 Å². The molecule has 21 heavy (non-hydrogen) atoms. The van der Waals surface area contributed by atoms with Gasteiger partial charge in [-0.05, 0) is 24.1 Å². The van der Waals surface area contributed by atoms with Crippen LogP contribution in [0, 0.1) is 21.4 Å². The van der Waals surface area contributed by atoms with E-state index < -0.39 is 4.92 Å². The van der Waals surface area contributed by atoms with Crippen molar-refractivity contribution in [1.29, 1.82) is 5.26 Å². The number of hydrogen-bond acceptors (Lipinski definition) is 4. The Bertz CT molecular complexity index is 678. The van der Waals surface area contributed by atoms with Crippen molar-refractivity contribution < 1.29 is 4.92 Å². The van der Waals surface area contributed by atoms with Crippen LogP contribution in [0.25, 0.3) is 0 Å². The standard InChI is InChI=1S/C16H15N3O2/c1-2-14(13-6-4-3-5-7-13)18-15-9-8-12(11-17)10-16(15)19(20)21/h3-10,14,18H,2H2,1H3. The first-order valence-electron chi connectivity index (χ1n) is 6.65. The Hall–Kier alpha value is -2.87. The number of nitrogens with one attached hydrogen (secondary N) is 1. The monoisotopic (exact) mass is 281 g/mol. The van der Waals surface area contributed by atoms with Gasteiger partial charge in [0.15, 0.2) is 0 Å². The van der Waals surface area contributed by atoms with Gasteiger partial charge in [0, 0.05) is 6.07 Å². The quantitative estimate of drug-likeness (QED) is 0.662. The van der Waals surface area contributed by atoms with Crippen molar-refractivity contribution in [1.82, 2.24) is 0 Å². The lowest BCUT2D eigenvalue weighted by Crippen LogP contribution is -2.11. The molecule has 0 spiro atoms. The van der Waals surface area contributed by atoms with E-state index in [1.807, 2.05) is 43.3 Å². The van der Waals surface area contributed by atoms with Crippen LogP contribution in [0.2, 0.25) is 0 Å². The van der Waals surface area contributed by atoms with Crippen molar-refractivity contribution in [2.45, 2.75) is 19.4 Å². The topological polar surface area (TPSA) is 79.0 Å². The minimum Gasteiger partial charge on any atom is -0.373 e. The largest absolute Gasteiger partial charge is 0.373 e. The molecule has 2 aromatic carbocycles. The Kier molecular flexibility index (Phi) is 4.52. The Labute approximate surface area is 123 Å². The van der Waals surface area contributed by atoms with Crippen molar-refractivity contribution in [2.75, 3.05) is 5.32 Å². The predicted molar refractivity (Wildman–Crippen MR) is 80.9 cm³/mol. The van der Waals surface area contributed by atoms with Crippen molar-refractivity contribution in [3.05, 3.63) is 69.8 Å². The van der Waals surface area contributed by atoms with E-state index in [9.17, 15) is 10.1 Å². The van der Waals surface area contributed by atoms with Gasteiger partial charge >= 0.3 is 0 Å². The second kappa shape index (κ2) is 6.53. The summed E-state index contributed by atoms with van der Waals surface area (Å²) in [6, 6.07) is 16.1. The molecule has 0 aliphatic rings. The SMILES string of the molecule is CCC(Nc1ccc(C#N)cc1[N+](=O)[O-])c1ccccc1. The molecule has 0 fully saturated rings. The zero-order valence-corrected chi connectivity index (χ0v) is 11.6. The highest BCUT2D eigenvalue weighted by atomic mass is 16.6. The number of nitro benzene ring substituents is 1. The predicted octanol–water partition coefficient (Wildman–Crippen LogP) is 4.03. The molecule has 2 aromatic rings. The second-order valence-electron chi connectivity index (χ2n) is 4.62. The van der Waals surface area contributed by atoms with Crippen LogP contribution < -0.4 is 5.32 Å². The molecule has 0 bridgehead atoms. The average molecular weight is 281 g/mol. The van der Waals surface area contributed by atoms with Crippen LogP contribution in [0.5, 0.6) is 0 Å². The Morgan fingerprint density at radius 2 is 2.00 bits per heavy atom. The Balaban J connectivity index is 2.34. The van der Waals surface area contributed by atoms with Crippen LogP contribution >= 0.6 is 0 Å². The number of nitrogens with zero attached hydrogens (tertiary/aromatic N) is 2. The van der Waals surface area contributed by atoms with Gasteiger partial charge in [-0.2, -0.15) is 5.26 Å². The lowest BCUT2D eigenvalue weighted by atomic mass is 10.0. The van der Waals surface area contributed by atoms with Gasteiger partial charge in [-0.25, -0.2) is 0 Å². The smallest absolute Gasteiger partial charge is 0.293 e.